The largest absolute Gasteiger partial charge is 0.396 e. The minimum atomic E-state index is -0.0151. The van der Waals surface area contributed by atoms with Gasteiger partial charge in [0, 0.05) is 24.7 Å². The molecule has 6 heteroatoms. The zero-order valence-corrected chi connectivity index (χ0v) is 12.5. The van der Waals surface area contributed by atoms with Crippen LogP contribution in [0.3, 0.4) is 0 Å². The Balaban J connectivity index is 1.79. The molecule has 0 atom stereocenters. The average Bonchev–Trinajstić information content (AvgIpc) is 2.89. The number of hydrogen-bond acceptors (Lipinski definition) is 4. The van der Waals surface area contributed by atoms with E-state index in [1.54, 1.807) is 6.07 Å². The molecule has 1 fully saturated rings. The Hall–Kier alpha value is -1.17. The van der Waals surface area contributed by atoms with Crippen molar-refractivity contribution < 1.29 is 9.90 Å². The van der Waals surface area contributed by atoms with E-state index in [1.807, 2.05) is 17.0 Å². The molecule has 0 aliphatic carbocycles. The first-order chi connectivity index (χ1) is 9.67. The van der Waals surface area contributed by atoms with Crippen molar-refractivity contribution in [3.63, 3.8) is 0 Å². The highest BCUT2D eigenvalue weighted by Crippen LogP contribution is 2.27. The normalized spacial score (nSPS) is 16.8. The predicted octanol–water partition coefficient (Wildman–Crippen LogP) is 2.79. The van der Waals surface area contributed by atoms with Crippen LogP contribution in [0.1, 0.15) is 22.6 Å². The maximum atomic E-state index is 12.4. The minimum Gasteiger partial charge on any atom is -0.396 e. The Bertz CT molecular complexity index is 635. The van der Waals surface area contributed by atoms with Crippen LogP contribution in [0.25, 0.3) is 10.2 Å². The number of aliphatic hydroxyl groups excluding tert-OH is 1. The molecule has 1 aliphatic heterocycles. The summed E-state index contributed by atoms with van der Waals surface area (Å²) in [6.07, 6.45) is 1.72. The molecular formula is C14H15ClN2O2S. The first-order valence-electron chi connectivity index (χ1n) is 6.63. The fourth-order valence-electron chi connectivity index (χ4n) is 2.45. The van der Waals surface area contributed by atoms with Crippen molar-refractivity contribution >= 4 is 39.1 Å². The van der Waals surface area contributed by atoms with E-state index in [9.17, 15) is 4.79 Å². The Kier molecular flexibility index (Phi) is 3.92. The molecule has 1 aliphatic rings. The molecule has 0 radical (unpaired) electrons. The summed E-state index contributed by atoms with van der Waals surface area (Å²) < 4.78 is 0.975. The molecule has 0 spiro atoms. The monoisotopic (exact) mass is 310 g/mol. The summed E-state index contributed by atoms with van der Waals surface area (Å²) in [6, 6.07) is 5.48. The van der Waals surface area contributed by atoms with Gasteiger partial charge in [-0.25, -0.2) is 4.98 Å². The van der Waals surface area contributed by atoms with E-state index < -0.39 is 0 Å². The molecule has 1 N–H and O–H groups in total. The number of halogens is 1. The number of amides is 1. The van der Waals surface area contributed by atoms with E-state index in [2.05, 4.69) is 4.98 Å². The van der Waals surface area contributed by atoms with Gasteiger partial charge < -0.3 is 10.0 Å². The first kappa shape index (κ1) is 13.8. The lowest BCUT2D eigenvalue weighted by Gasteiger charge is -2.30. The van der Waals surface area contributed by atoms with Gasteiger partial charge in [-0.05, 0) is 37.0 Å². The molecule has 106 valence electrons. The molecule has 1 aromatic carbocycles. The predicted molar refractivity (Wildman–Crippen MR) is 80.3 cm³/mol. The highest BCUT2D eigenvalue weighted by Gasteiger charge is 2.25. The van der Waals surface area contributed by atoms with Gasteiger partial charge in [0.05, 0.1) is 10.2 Å². The summed E-state index contributed by atoms with van der Waals surface area (Å²) >= 11 is 7.34. The number of fused-ring (bicyclic) bond motifs is 1. The molecule has 1 saturated heterocycles. The maximum absolute atomic E-state index is 12.4. The zero-order valence-electron chi connectivity index (χ0n) is 10.9. The maximum Gasteiger partial charge on any atom is 0.282 e. The topological polar surface area (TPSA) is 53.4 Å². The number of aliphatic hydroxyl groups is 1. The van der Waals surface area contributed by atoms with E-state index in [1.165, 1.54) is 11.3 Å². The Morgan fingerprint density at radius 1 is 1.45 bits per heavy atom. The molecule has 2 aromatic rings. The summed E-state index contributed by atoms with van der Waals surface area (Å²) in [6.45, 7) is 1.60. The van der Waals surface area contributed by atoms with Gasteiger partial charge in [0.2, 0.25) is 0 Å². The van der Waals surface area contributed by atoms with Crippen molar-refractivity contribution in [3.8, 4) is 0 Å². The van der Waals surface area contributed by atoms with Crippen molar-refractivity contribution in [2.75, 3.05) is 19.7 Å². The Morgan fingerprint density at radius 2 is 2.20 bits per heavy atom. The third kappa shape index (κ3) is 2.66. The summed E-state index contributed by atoms with van der Waals surface area (Å²) in [7, 11) is 0. The van der Waals surface area contributed by atoms with E-state index in [-0.39, 0.29) is 12.5 Å². The van der Waals surface area contributed by atoms with Gasteiger partial charge in [-0.2, -0.15) is 0 Å². The van der Waals surface area contributed by atoms with Crippen LogP contribution >= 0.6 is 22.9 Å². The number of carbonyl (C=O) groups excluding carboxylic acids is 1. The highest BCUT2D eigenvalue weighted by atomic mass is 35.5. The number of nitrogens with zero attached hydrogens (tertiary/aromatic N) is 2. The van der Waals surface area contributed by atoms with E-state index in [0.29, 0.717) is 29.0 Å². The molecule has 0 bridgehead atoms. The number of likely N-dealkylation sites (tertiary alicyclic amines) is 1. The van der Waals surface area contributed by atoms with Gasteiger partial charge in [-0.15, -0.1) is 11.3 Å². The van der Waals surface area contributed by atoms with Gasteiger partial charge in [-0.3, -0.25) is 4.79 Å². The second-order valence-electron chi connectivity index (χ2n) is 5.05. The summed E-state index contributed by atoms with van der Waals surface area (Å²) in [5.74, 6) is 0.312. The molecular weight excluding hydrogens is 296 g/mol. The second-order valence-corrected chi connectivity index (χ2v) is 6.52. The molecule has 4 nitrogen and oxygen atoms in total. The number of benzene rings is 1. The van der Waals surface area contributed by atoms with E-state index >= 15 is 0 Å². The van der Waals surface area contributed by atoms with Gasteiger partial charge in [0.1, 0.15) is 0 Å². The van der Waals surface area contributed by atoms with Crippen molar-refractivity contribution in [3.05, 3.63) is 28.2 Å². The van der Waals surface area contributed by atoms with Crippen LogP contribution in [0.4, 0.5) is 0 Å². The molecule has 3 rings (SSSR count). The lowest BCUT2D eigenvalue weighted by Crippen LogP contribution is -2.39. The fraction of sp³-hybridized carbons (Fsp3) is 0.429. The first-order valence-corrected chi connectivity index (χ1v) is 7.83. The SMILES string of the molecule is O=C(c1nc2cc(Cl)ccc2s1)N1CCC(CO)CC1. The van der Waals surface area contributed by atoms with Gasteiger partial charge in [0.25, 0.3) is 5.91 Å². The highest BCUT2D eigenvalue weighted by molar-refractivity contribution is 7.20. The molecule has 2 heterocycles. The van der Waals surface area contributed by atoms with Crippen molar-refractivity contribution in [2.24, 2.45) is 5.92 Å². The third-order valence-electron chi connectivity index (χ3n) is 3.69. The molecule has 20 heavy (non-hydrogen) atoms. The summed E-state index contributed by atoms with van der Waals surface area (Å²) in [4.78, 5) is 18.6. The number of hydrogen-bond donors (Lipinski definition) is 1. The number of rotatable bonds is 2. The van der Waals surface area contributed by atoms with Crippen molar-refractivity contribution in [1.29, 1.82) is 0 Å². The van der Waals surface area contributed by atoms with Crippen LogP contribution in [0, 0.1) is 5.92 Å². The molecule has 1 aromatic heterocycles. The zero-order chi connectivity index (χ0) is 14.1. The standard InChI is InChI=1S/C14H15ClN2O2S/c15-10-1-2-12-11(7-10)16-13(20-12)14(19)17-5-3-9(8-18)4-6-17/h1-2,7,9,18H,3-6,8H2. The number of carbonyl (C=O) groups is 1. The van der Waals surface area contributed by atoms with Crippen molar-refractivity contribution in [2.45, 2.75) is 12.8 Å². The molecule has 0 unspecified atom stereocenters. The van der Waals surface area contributed by atoms with Gasteiger partial charge in [0.15, 0.2) is 5.01 Å². The van der Waals surface area contributed by atoms with Crippen LogP contribution in [0.2, 0.25) is 5.02 Å². The van der Waals surface area contributed by atoms with Gasteiger partial charge in [-0.1, -0.05) is 11.6 Å². The fourth-order valence-corrected chi connectivity index (χ4v) is 3.53. The smallest absolute Gasteiger partial charge is 0.282 e. The van der Waals surface area contributed by atoms with Crippen LogP contribution in [0.15, 0.2) is 18.2 Å². The van der Waals surface area contributed by atoms with E-state index in [4.69, 9.17) is 16.7 Å². The summed E-state index contributed by atoms with van der Waals surface area (Å²) in [5, 5.41) is 10.3. The number of aromatic nitrogens is 1. The summed E-state index contributed by atoms with van der Waals surface area (Å²) in [5.41, 5.74) is 0.774. The van der Waals surface area contributed by atoms with Gasteiger partial charge >= 0.3 is 0 Å². The quantitative estimate of drug-likeness (QED) is 0.928. The van der Waals surface area contributed by atoms with Crippen LogP contribution in [-0.2, 0) is 0 Å². The average molecular weight is 311 g/mol. The lowest BCUT2D eigenvalue weighted by atomic mass is 9.98. The van der Waals surface area contributed by atoms with Crippen LogP contribution in [0.5, 0.6) is 0 Å². The van der Waals surface area contributed by atoms with E-state index in [0.717, 1.165) is 23.1 Å². The number of thiazole rings is 1. The van der Waals surface area contributed by atoms with Crippen molar-refractivity contribution in [1.82, 2.24) is 9.88 Å². The Labute approximate surface area is 126 Å². The second kappa shape index (κ2) is 5.68. The third-order valence-corrected chi connectivity index (χ3v) is 4.95. The molecule has 0 saturated carbocycles. The molecule has 1 amide bonds. The minimum absolute atomic E-state index is 0.0151. The van der Waals surface area contributed by atoms with Crippen LogP contribution in [-0.4, -0.2) is 40.6 Å². The Morgan fingerprint density at radius 3 is 2.90 bits per heavy atom. The number of piperidine rings is 1. The lowest BCUT2D eigenvalue weighted by molar-refractivity contribution is 0.0651. The van der Waals surface area contributed by atoms with Crippen LogP contribution < -0.4 is 0 Å².